The van der Waals surface area contributed by atoms with Crippen LogP contribution in [0.2, 0.25) is 0 Å². The highest BCUT2D eigenvalue weighted by molar-refractivity contribution is 5.85. The van der Waals surface area contributed by atoms with Gasteiger partial charge in [0.25, 0.3) is 5.91 Å². The first kappa shape index (κ1) is 17.2. The normalized spacial score (nSPS) is 11.0. The number of fused-ring (bicyclic) bond motifs is 1. The standard InChI is InChI=1S/C19H16N2O5/c1-12-8-19(24)26-17-9-14(6-7-15(12)17)25-11-18(23)21-20-10-13-4-2-3-5-16(13)22/h2-10,22H,11H2,1H3,(H,21,23)/b20-10-. The van der Waals surface area contributed by atoms with Gasteiger partial charge < -0.3 is 14.3 Å². The Morgan fingerprint density at radius 2 is 2.08 bits per heavy atom. The minimum Gasteiger partial charge on any atom is -0.507 e. The van der Waals surface area contributed by atoms with Crippen molar-refractivity contribution in [3.63, 3.8) is 0 Å². The predicted octanol–water partition coefficient (Wildman–Crippen LogP) is 2.34. The van der Waals surface area contributed by atoms with Crippen molar-refractivity contribution in [1.82, 2.24) is 5.43 Å². The minimum absolute atomic E-state index is 0.0645. The van der Waals surface area contributed by atoms with E-state index in [0.29, 0.717) is 16.9 Å². The molecule has 0 radical (unpaired) electrons. The van der Waals surface area contributed by atoms with Crippen LogP contribution in [0.15, 0.2) is 62.8 Å². The molecule has 0 unspecified atom stereocenters. The maximum atomic E-state index is 11.8. The van der Waals surface area contributed by atoms with E-state index in [9.17, 15) is 14.7 Å². The number of ether oxygens (including phenoxy) is 1. The maximum absolute atomic E-state index is 11.8. The second kappa shape index (κ2) is 7.52. The van der Waals surface area contributed by atoms with E-state index >= 15 is 0 Å². The molecule has 7 nitrogen and oxygen atoms in total. The topological polar surface area (TPSA) is 101 Å². The zero-order valence-electron chi connectivity index (χ0n) is 13.9. The van der Waals surface area contributed by atoms with Gasteiger partial charge in [0.05, 0.1) is 6.21 Å². The molecule has 0 spiro atoms. The molecular weight excluding hydrogens is 336 g/mol. The Hall–Kier alpha value is -3.61. The van der Waals surface area contributed by atoms with Crippen molar-refractivity contribution >= 4 is 23.1 Å². The third-order valence-corrected chi connectivity index (χ3v) is 3.62. The molecule has 0 aliphatic heterocycles. The Morgan fingerprint density at radius 1 is 1.27 bits per heavy atom. The summed E-state index contributed by atoms with van der Waals surface area (Å²) in [7, 11) is 0. The van der Waals surface area contributed by atoms with E-state index in [1.54, 1.807) is 36.4 Å². The number of aryl methyl sites for hydroxylation is 1. The minimum atomic E-state index is -0.470. The van der Waals surface area contributed by atoms with Crippen LogP contribution in [0.1, 0.15) is 11.1 Å². The van der Waals surface area contributed by atoms with Crippen LogP contribution in [0, 0.1) is 6.92 Å². The number of carbonyl (C=O) groups excluding carboxylic acids is 1. The van der Waals surface area contributed by atoms with Crippen LogP contribution in [0.5, 0.6) is 11.5 Å². The lowest BCUT2D eigenvalue weighted by Gasteiger charge is -2.06. The SMILES string of the molecule is Cc1cc(=O)oc2cc(OCC(=O)N/N=C\c3ccccc3O)ccc12. The first-order valence-electron chi connectivity index (χ1n) is 7.80. The summed E-state index contributed by atoms with van der Waals surface area (Å²) in [6, 6.07) is 13.0. The molecule has 7 heteroatoms. The van der Waals surface area contributed by atoms with E-state index in [0.717, 1.165) is 10.9 Å². The number of hydrogen-bond acceptors (Lipinski definition) is 6. The highest BCUT2D eigenvalue weighted by Gasteiger charge is 2.06. The van der Waals surface area contributed by atoms with E-state index in [2.05, 4.69) is 10.5 Å². The molecule has 1 amide bonds. The van der Waals surface area contributed by atoms with Crippen LogP contribution >= 0.6 is 0 Å². The number of phenols is 1. The highest BCUT2D eigenvalue weighted by atomic mass is 16.5. The van der Waals surface area contributed by atoms with E-state index < -0.39 is 11.5 Å². The van der Waals surface area contributed by atoms with Gasteiger partial charge >= 0.3 is 5.63 Å². The van der Waals surface area contributed by atoms with E-state index in [4.69, 9.17) is 9.15 Å². The zero-order valence-corrected chi connectivity index (χ0v) is 13.9. The summed E-state index contributed by atoms with van der Waals surface area (Å²) in [5.41, 5.74) is 3.54. The van der Waals surface area contributed by atoms with Gasteiger partial charge in [0.2, 0.25) is 0 Å². The van der Waals surface area contributed by atoms with Gasteiger partial charge in [0, 0.05) is 23.1 Å². The smallest absolute Gasteiger partial charge is 0.336 e. The molecule has 26 heavy (non-hydrogen) atoms. The summed E-state index contributed by atoms with van der Waals surface area (Å²) in [5, 5.41) is 14.2. The third-order valence-electron chi connectivity index (χ3n) is 3.62. The number of hydrazone groups is 1. The molecule has 0 bridgehead atoms. The molecule has 0 aliphatic rings. The molecule has 3 rings (SSSR count). The van der Waals surface area contributed by atoms with Crippen molar-refractivity contribution in [2.45, 2.75) is 6.92 Å². The van der Waals surface area contributed by atoms with Gasteiger partial charge in [-0.2, -0.15) is 5.10 Å². The summed E-state index contributed by atoms with van der Waals surface area (Å²) in [6.45, 7) is 1.55. The Bertz CT molecular complexity index is 1040. The summed E-state index contributed by atoms with van der Waals surface area (Å²) in [5.74, 6) is -0.0109. The number of nitrogens with one attached hydrogen (secondary N) is 1. The third kappa shape index (κ3) is 4.07. The maximum Gasteiger partial charge on any atom is 0.336 e. The number of hydrogen-bond donors (Lipinski definition) is 2. The van der Waals surface area contributed by atoms with Crippen LogP contribution < -0.4 is 15.8 Å². The van der Waals surface area contributed by atoms with Gasteiger partial charge in [0.1, 0.15) is 17.1 Å². The fourth-order valence-corrected chi connectivity index (χ4v) is 2.35. The van der Waals surface area contributed by atoms with Gasteiger partial charge in [-0.3, -0.25) is 4.79 Å². The number of amides is 1. The average molecular weight is 352 g/mol. The second-order valence-electron chi connectivity index (χ2n) is 5.55. The summed E-state index contributed by atoms with van der Waals surface area (Å²) < 4.78 is 10.5. The fourth-order valence-electron chi connectivity index (χ4n) is 2.35. The van der Waals surface area contributed by atoms with Gasteiger partial charge in [0.15, 0.2) is 6.61 Å². The molecular formula is C19H16N2O5. The Labute approximate surface area is 148 Å². The summed E-state index contributed by atoms with van der Waals surface area (Å²) >= 11 is 0. The van der Waals surface area contributed by atoms with Crippen LogP contribution in [-0.2, 0) is 4.79 Å². The number of benzene rings is 2. The number of phenolic OH excluding ortho intramolecular Hbond substituents is 1. The highest BCUT2D eigenvalue weighted by Crippen LogP contribution is 2.22. The summed E-state index contributed by atoms with van der Waals surface area (Å²) in [4.78, 5) is 23.2. The van der Waals surface area contributed by atoms with E-state index in [1.165, 1.54) is 18.3 Å². The van der Waals surface area contributed by atoms with Crippen LogP contribution in [0.4, 0.5) is 0 Å². The Morgan fingerprint density at radius 3 is 2.88 bits per heavy atom. The second-order valence-corrected chi connectivity index (χ2v) is 5.55. The van der Waals surface area contributed by atoms with Crippen molar-refractivity contribution in [3.05, 3.63) is 70.1 Å². The van der Waals surface area contributed by atoms with Crippen molar-refractivity contribution < 1.29 is 19.1 Å². The monoisotopic (exact) mass is 352 g/mol. The molecule has 2 N–H and O–H groups in total. The van der Waals surface area contributed by atoms with Gasteiger partial charge in [-0.15, -0.1) is 0 Å². The van der Waals surface area contributed by atoms with Crippen LogP contribution in [-0.4, -0.2) is 23.8 Å². The molecule has 132 valence electrons. The number of rotatable bonds is 5. The predicted molar refractivity (Wildman–Crippen MR) is 96.6 cm³/mol. The van der Waals surface area contributed by atoms with Crippen molar-refractivity contribution in [2.24, 2.45) is 5.10 Å². The molecule has 3 aromatic rings. The molecule has 0 fully saturated rings. The van der Waals surface area contributed by atoms with Crippen molar-refractivity contribution in [3.8, 4) is 11.5 Å². The summed E-state index contributed by atoms with van der Waals surface area (Å²) in [6.07, 6.45) is 1.33. The Balaban J connectivity index is 1.60. The molecule has 0 saturated heterocycles. The number of para-hydroxylation sites is 1. The van der Waals surface area contributed by atoms with Crippen LogP contribution in [0.3, 0.4) is 0 Å². The number of nitrogens with zero attached hydrogens (tertiary/aromatic N) is 1. The van der Waals surface area contributed by atoms with Gasteiger partial charge in [-0.25, -0.2) is 10.2 Å². The zero-order chi connectivity index (χ0) is 18.5. The van der Waals surface area contributed by atoms with Gasteiger partial charge in [-0.1, -0.05) is 12.1 Å². The molecule has 0 atom stereocenters. The van der Waals surface area contributed by atoms with Crippen molar-refractivity contribution in [2.75, 3.05) is 6.61 Å². The lowest BCUT2D eigenvalue weighted by atomic mass is 10.1. The van der Waals surface area contributed by atoms with Crippen LogP contribution in [0.25, 0.3) is 11.0 Å². The largest absolute Gasteiger partial charge is 0.507 e. The average Bonchev–Trinajstić information content (AvgIpc) is 2.61. The molecule has 1 heterocycles. The van der Waals surface area contributed by atoms with E-state index in [-0.39, 0.29) is 12.4 Å². The molecule has 0 aliphatic carbocycles. The lowest BCUT2D eigenvalue weighted by Crippen LogP contribution is -2.24. The lowest BCUT2D eigenvalue weighted by molar-refractivity contribution is -0.123. The first-order chi connectivity index (χ1) is 12.5. The first-order valence-corrected chi connectivity index (χ1v) is 7.80. The van der Waals surface area contributed by atoms with E-state index in [1.807, 2.05) is 6.92 Å². The quantitative estimate of drug-likeness (QED) is 0.417. The molecule has 2 aromatic carbocycles. The van der Waals surface area contributed by atoms with Gasteiger partial charge in [-0.05, 0) is 36.8 Å². The van der Waals surface area contributed by atoms with Crippen molar-refractivity contribution in [1.29, 1.82) is 0 Å². The molecule has 1 aromatic heterocycles. The number of carbonyl (C=O) groups is 1. The fraction of sp³-hybridized carbons (Fsp3) is 0.105. The number of aromatic hydroxyl groups is 1. The molecule has 0 saturated carbocycles. The Kier molecular flexibility index (Phi) is 4.98.